The van der Waals surface area contributed by atoms with Crippen LogP contribution in [0.5, 0.6) is 5.75 Å². The first-order chi connectivity index (χ1) is 18.8. The Labute approximate surface area is 227 Å². The molecule has 39 heavy (non-hydrogen) atoms. The number of amides is 2. The summed E-state index contributed by atoms with van der Waals surface area (Å²) in [7, 11) is 1.61. The van der Waals surface area contributed by atoms with Gasteiger partial charge in [0.05, 0.1) is 7.11 Å². The van der Waals surface area contributed by atoms with Crippen LogP contribution in [0.25, 0.3) is 11.4 Å². The van der Waals surface area contributed by atoms with Crippen LogP contribution in [0, 0.1) is 12.8 Å². The number of ether oxygens (including phenoxy) is 2. The van der Waals surface area contributed by atoms with Crippen molar-refractivity contribution in [2.45, 2.75) is 58.7 Å². The van der Waals surface area contributed by atoms with E-state index >= 15 is 0 Å². The van der Waals surface area contributed by atoms with E-state index in [1.165, 1.54) is 6.92 Å². The number of benzene rings is 1. The van der Waals surface area contributed by atoms with E-state index in [1.54, 1.807) is 19.5 Å². The summed E-state index contributed by atoms with van der Waals surface area (Å²) < 4.78 is 11.8. The number of hydrogen-bond acceptors (Lipinski definition) is 8. The number of aromatic nitrogens is 4. The van der Waals surface area contributed by atoms with Crippen molar-refractivity contribution < 1.29 is 23.9 Å². The molecular weight excluding hydrogens is 500 g/mol. The second-order valence-corrected chi connectivity index (χ2v) is 9.77. The third-order valence-electron chi connectivity index (χ3n) is 6.63. The number of nitrogens with one attached hydrogen (secondary N) is 2. The topological polar surface area (TPSA) is 137 Å². The Morgan fingerprint density at radius 2 is 1.90 bits per heavy atom. The predicted molar refractivity (Wildman–Crippen MR) is 143 cm³/mol. The zero-order valence-electron chi connectivity index (χ0n) is 22.5. The number of carbonyl (C=O) groups excluding carboxylic acids is 3. The van der Waals surface area contributed by atoms with Crippen molar-refractivity contribution in [2.24, 2.45) is 5.92 Å². The van der Waals surface area contributed by atoms with Crippen molar-refractivity contribution in [3.8, 4) is 17.1 Å². The normalized spacial score (nSPS) is 16.8. The van der Waals surface area contributed by atoms with Crippen molar-refractivity contribution in [1.29, 1.82) is 0 Å². The molecule has 206 valence electrons. The fourth-order valence-corrected chi connectivity index (χ4v) is 4.67. The number of aryl methyl sites for hydroxylation is 1. The number of nitrogens with zero attached hydrogens (tertiary/aromatic N) is 4. The number of carbonyl (C=O) groups is 3. The Morgan fingerprint density at radius 3 is 2.64 bits per heavy atom. The second-order valence-electron chi connectivity index (χ2n) is 9.77. The number of hydrogen-bond donors (Lipinski definition) is 2. The van der Waals surface area contributed by atoms with Gasteiger partial charge < -0.3 is 20.1 Å². The van der Waals surface area contributed by atoms with E-state index in [4.69, 9.17) is 9.47 Å². The maximum atomic E-state index is 12.8. The minimum Gasteiger partial charge on any atom is -0.497 e. The number of pyridine rings is 1. The van der Waals surface area contributed by atoms with Gasteiger partial charge in [0.15, 0.2) is 12.4 Å². The average Bonchev–Trinajstić information content (AvgIpc) is 3.40. The van der Waals surface area contributed by atoms with Crippen LogP contribution in [0.4, 0.5) is 0 Å². The van der Waals surface area contributed by atoms with E-state index in [0.717, 1.165) is 49.1 Å². The molecule has 2 amide bonds. The molecule has 1 aliphatic carbocycles. The van der Waals surface area contributed by atoms with E-state index in [2.05, 4.69) is 25.7 Å². The highest BCUT2D eigenvalue weighted by atomic mass is 16.5. The maximum Gasteiger partial charge on any atom is 0.303 e. The Morgan fingerprint density at radius 1 is 1.10 bits per heavy atom. The van der Waals surface area contributed by atoms with E-state index in [1.807, 2.05) is 41.9 Å². The van der Waals surface area contributed by atoms with Gasteiger partial charge in [-0.3, -0.25) is 19.1 Å². The van der Waals surface area contributed by atoms with Crippen LogP contribution in [0.1, 0.15) is 54.4 Å². The van der Waals surface area contributed by atoms with Gasteiger partial charge in [0.2, 0.25) is 0 Å². The first-order valence-electron chi connectivity index (χ1n) is 13.0. The van der Waals surface area contributed by atoms with Crippen LogP contribution < -0.4 is 15.4 Å². The molecule has 4 rings (SSSR count). The van der Waals surface area contributed by atoms with Crippen LogP contribution in [-0.2, 0) is 27.4 Å². The van der Waals surface area contributed by atoms with Gasteiger partial charge in [-0.1, -0.05) is 12.1 Å². The molecule has 1 saturated carbocycles. The Bertz CT molecular complexity index is 1320. The van der Waals surface area contributed by atoms with Crippen LogP contribution >= 0.6 is 0 Å². The molecule has 1 fully saturated rings. The quantitative estimate of drug-likeness (QED) is 0.379. The molecule has 2 N–H and O–H groups in total. The van der Waals surface area contributed by atoms with Crippen LogP contribution in [-0.4, -0.2) is 57.3 Å². The summed E-state index contributed by atoms with van der Waals surface area (Å²) in [5, 5.41) is 10.5. The van der Waals surface area contributed by atoms with E-state index in [-0.39, 0.29) is 24.5 Å². The number of esters is 1. The molecule has 0 radical (unpaired) electrons. The third kappa shape index (κ3) is 8.10. The van der Waals surface area contributed by atoms with Gasteiger partial charge >= 0.3 is 5.97 Å². The Balaban J connectivity index is 1.31. The Kier molecular flexibility index (Phi) is 9.24. The Hall–Kier alpha value is -4.28. The summed E-state index contributed by atoms with van der Waals surface area (Å²) in [6.07, 6.45) is 5.31. The number of rotatable bonds is 10. The second kappa shape index (κ2) is 13.0. The SMILES string of the molecule is COc1cccc(CNC(=O)c2cc(-c3ncn(C[C@H]4CC[C@H](NC(=O)COC(C)=O)CC4)n3)cc(C)n2)c1. The molecule has 3 aromatic rings. The van der Waals surface area contributed by atoms with Crippen LogP contribution in [0.3, 0.4) is 0 Å². The lowest BCUT2D eigenvalue weighted by atomic mass is 9.86. The molecule has 0 unspecified atom stereocenters. The lowest BCUT2D eigenvalue weighted by Crippen LogP contribution is -2.40. The van der Waals surface area contributed by atoms with Gasteiger partial charge in [-0.25, -0.2) is 9.97 Å². The molecule has 0 spiro atoms. The van der Waals surface area contributed by atoms with Gasteiger partial charge in [0.25, 0.3) is 11.8 Å². The largest absolute Gasteiger partial charge is 0.497 e. The van der Waals surface area contributed by atoms with Crippen molar-refractivity contribution in [1.82, 2.24) is 30.4 Å². The zero-order chi connectivity index (χ0) is 27.8. The smallest absolute Gasteiger partial charge is 0.303 e. The van der Waals surface area contributed by atoms with Crippen molar-refractivity contribution in [2.75, 3.05) is 13.7 Å². The highest BCUT2D eigenvalue weighted by Gasteiger charge is 2.23. The molecule has 2 aromatic heterocycles. The van der Waals surface area contributed by atoms with Gasteiger partial charge in [0, 0.05) is 37.3 Å². The molecule has 0 saturated heterocycles. The van der Waals surface area contributed by atoms with Crippen LogP contribution in [0.2, 0.25) is 0 Å². The van der Waals surface area contributed by atoms with E-state index in [9.17, 15) is 14.4 Å². The summed E-state index contributed by atoms with van der Waals surface area (Å²) in [5.74, 6) is 0.670. The van der Waals surface area contributed by atoms with E-state index < -0.39 is 5.97 Å². The molecule has 0 aliphatic heterocycles. The van der Waals surface area contributed by atoms with E-state index in [0.29, 0.717) is 29.7 Å². The zero-order valence-corrected chi connectivity index (χ0v) is 22.5. The molecule has 0 atom stereocenters. The predicted octanol–water partition coefficient (Wildman–Crippen LogP) is 2.83. The lowest BCUT2D eigenvalue weighted by Gasteiger charge is -2.28. The summed E-state index contributed by atoms with van der Waals surface area (Å²) in [6, 6.07) is 11.2. The van der Waals surface area contributed by atoms with Crippen molar-refractivity contribution in [3.05, 3.63) is 59.7 Å². The van der Waals surface area contributed by atoms with Gasteiger partial charge in [-0.05, 0) is 68.4 Å². The van der Waals surface area contributed by atoms with Crippen molar-refractivity contribution in [3.63, 3.8) is 0 Å². The van der Waals surface area contributed by atoms with Gasteiger partial charge in [-0.2, -0.15) is 5.10 Å². The molecule has 11 nitrogen and oxygen atoms in total. The standard InChI is InChI=1S/C28H34N6O5/c1-18-11-22(13-25(31-18)28(37)29-14-21-5-4-6-24(12-21)38-3)27-30-17-34(33-27)15-20-7-9-23(10-8-20)32-26(36)16-39-19(2)35/h4-6,11-13,17,20,23H,7-10,14-16H2,1-3H3,(H,29,37)(H,32,36)/t20-,23-. The molecule has 11 heteroatoms. The molecule has 1 aromatic carbocycles. The lowest BCUT2D eigenvalue weighted by molar-refractivity contribution is -0.146. The third-order valence-corrected chi connectivity index (χ3v) is 6.63. The fourth-order valence-electron chi connectivity index (χ4n) is 4.67. The molecule has 2 heterocycles. The van der Waals surface area contributed by atoms with Crippen LogP contribution in [0.15, 0.2) is 42.7 Å². The minimum atomic E-state index is -0.466. The fraction of sp³-hybridized carbons (Fsp3) is 0.429. The highest BCUT2D eigenvalue weighted by Crippen LogP contribution is 2.26. The maximum absolute atomic E-state index is 12.8. The summed E-state index contributed by atoms with van der Waals surface area (Å²) in [5.41, 5.74) is 2.66. The van der Waals surface area contributed by atoms with Crippen molar-refractivity contribution >= 4 is 17.8 Å². The molecule has 1 aliphatic rings. The minimum absolute atomic E-state index is 0.0869. The summed E-state index contributed by atoms with van der Waals surface area (Å²) >= 11 is 0. The first kappa shape index (κ1) is 27.7. The molecule has 0 bridgehead atoms. The van der Waals surface area contributed by atoms with Gasteiger partial charge in [-0.15, -0.1) is 0 Å². The van der Waals surface area contributed by atoms with Gasteiger partial charge in [0.1, 0.15) is 17.8 Å². The average molecular weight is 535 g/mol. The summed E-state index contributed by atoms with van der Waals surface area (Å²) in [4.78, 5) is 44.5. The monoisotopic (exact) mass is 534 g/mol. The summed E-state index contributed by atoms with van der Waals surface area (Å²) in [6.45, 7) is 3.95. The first-order valence-corrected chi connectivity index (χ1v) is 13.0. The highest BCUT2D eigenvalue weighted by molar-refractivity contribution is 5.93. The molecular formula is C28H34N6O5. The number of methoxy groups -OCH3 is 1.